The number of amidine groups is 1. The van der Waals surface area contributed by atoms with E-state index in [1.54, 1.807) is 0 Å². The lowest BCUT2D eigenvalue weighted by Gasteiger charge is -2.15. The van der Waals surface area contributed by atoms with Gasteiger partial charge in [-0.3, -0.25) is 0 Å². The molecule has 1 aromatic carbocycles. The minimum atomic E-state index is -1.21. The van der Waals surface area contributed by atoms with Crippen molar-refractivity contribution in [3.63, 3.8) is 0 Å². The van der Waals surface area contributed by atoms with Crippen LogP contribution >= 0.6 is 0 Å². The number of nitrogens with two attached hydrogens (primary N) is 1. The molecule has 98 valence electrons. The summed E-state index contributed by atoms with van der Waals surface area (Å²) in [7, 11) is 0. The van der Waals surface area contributed by atoms with Gasteiger partial charge >= 0.3 is 6.09 Å². The van der Waals surface area contributed by atoms with E-state index in [2.05, 4.69) is 17.4 Å². The Morgan fingerprint density at radius 2 is 1.94 bits per heavy atom. The van der Waals surface area contributed by atoms with E-state index in [1.807, 2.05) is 24.3 Å². The van der Waals surface area contributed by atoms with Crippen molar-refractivity contribution in [2.75, 3.05) is 0 Å². The van der Waals surface area contributed by atoms with Crippen LogP contribution in [-0.4, -0.2) is 28.3 Å². The molecule has 18 heavy (non-hydrogen) atoms. The van der Waals surface area contributed by atoms with Crippen LogP contribution in [0, 0.1) is 0 Å². The highest BCUT2D eigenvalue weighted by atomic mass is 16.4. The minimum Gasteiger partial charge on any atom is -0.465 e. The smallest absolute Gasteiger partial charge is 0.405 e. The van der Waals surface area contributed by atoms with Gasteiger partial charge in [0.05, 0.1) is 6.04 Å². The molecule has 0 saturated heterocycles. The lowest BCUT2D eigenvalue weighted by atomic mass is 10.0. The van der Waals surface area contributed by atoms with Gasteiger partial charge in [0.15, 0.2) is 5.84 Å². The molecule has 0 radical (unpaired) electrons. The van der Waals surface area contributed by atoms with Gasteiger partial charge in [-0.15, -0.1) is 0 Å². The molecule has 0 aliphatic rings. The third-order valence-corrected chi connectivity index (χ3v) is 2.64. The molecular weight excluding hydrogens is 234 g/mol. The second-order valence-electron chi connectivity index (χ2n) is 3.90. The molecule has 0 aliphatic carbocycles. The first-order valence-corrected chi connectivity index (χ1v) is 5.61. The standard InChI is InChI=1S/C12H17N3O3/c1-2-8-3-5-9(6-4-8)7-10(11(13)15-18)14-12(16)17/h3-6,10,14,18H,2,7H2,1H3,(H2,13,15)(H,16,17). The number of rotatable bonds is 5. The molecule has 1 rings (SSSR count). The number of nitrogens with one attached hydrogen (secondary N) is 1. The summed E-state index contributed by atoms with van der Waals surface area (Å²) in [6, 6.07) is 7.01. The molecule has 1 amide bonds. The van der Waals surface area contributed by atoms with Crippen LogP contribution in [0.3, 0.4) is 0 Å². The molecule has 0 aliphatic heterocycles. The topological polar surface area (TPSA) is 108 Å². The highest BCUT2D eigenvalue weighted by molar-refractivity contribution is 5.88. The predicted molar refractivity (Wildman–Crippen MR) is 67.9 cm³/mol. The number of benzene rings is 1. The molecule has 1 unspecified atom stereocenters. The predicted octanol–water partition coefficient (Wildman–Crippen LogP) is 1.17. The maximum Gasteiger partial charge on any atom is 0.405 e. The number of aryl methyl sites for hydroxylation is 1. The zero-order valence-electron chi connectivity index (χ0n) is 10.1. The van der Waals surface area contributed by atoms with Crippen molar-refractivity contribution in [1.29, 1.82) is 0 Å². The van der Waals surface area contributed by atoms with Crippen LogP contribution in [0.25, 0.3) is 0 Å². The molecule has 1 aromatic rings. The zero-order chi connectivity index (χ0) is 13.5. The van der Waals surface area contributed by atoms with E-state index >= 15 is 0 Å². The van der Waals surface area contributed by atoms with E-state index in [1.165, 1.54) is 5.56 Å². The van der Waals surface area contributed by atoms with Crippen LogP contribution in [0.1, 0.15) is 18.1 Å². The molecule has 6 nitrogen and oxygen atoms in total. The number of hydrogen-bond donors (Lipinski definition) is 4. The average Bonchev–Trinajstić information content (AvgIpc) is 2.37. The van der Waals surface area contributed by atoms with Crippen molar-refractivity contribution in [3.8, 4) is 0 Å². The number of nitrogens with zero attached hydrogens (tertiary/aromatic N) is 1. The van der Waals surface area contributed by atoms with Gasteiger partial charge in [0.25, 0.3) is 0 Å². The molecule has 0 spiro atoms. The number of amides is 1. The Labute approximate surface area is 105 Å². The lowest BCUT2D eigenvalue weighted by molar-refractivity contribution is 0.192. The molecule has 1 atom stereocenters. The Hall–Kier alpha value is -2.24. The first kappa shape index (κ1) is 13.8. The Kier molecular flexibility index (Phi) is 4.98. The van der Waals surface area contributed by atoms with Crippen LogP contribution in [0.4, 0.5) is 4.79 Å². The van der Waals surface area contributed by atoms with Gasteiger partial charge in [-0.25, -0.2) is 4.79 Å². The maximum absolute atomic E-state index is 10.6. The van der Waals surface area contributed by atoms with Gasteiger partial charge in [0, 0.05) is 6.42 Å². The summed E-state index contributed by atoms with van der Waals surface area (Å²) in [6.07, 6.45) is 0.0699. The highest BCUT2D eigenvalue weighted by Crippen LogP contribution is 2.08. The summed E-state index contributed by atoms with van der Waals surface area (Å²) in [6.45, 7) is 2.06. The van der Waals surface area contributed by atoms with Crippen molar-refractivity contribution >= 4 is 11.9 Å². The quantitative estimate of drug-likeness (QED) is 0.272. The molecular formula is C12H17N3O3. The monoisotopic (exact) mass is 251 g/mol. The third-order valence-electron chi connectivity index (χ3n) is 2.64. The van der Waals surface area contributed by atoms with Gasteiger partial charge in [0.2, 0.25) is 0 Å². The van der Waals surface area contributed by atoms with Crippen molar-refractivity contribution in [3.05, 3.63) is 35.4 Å². The van der Waals surface area contributed by atoms with Crippen molar-refractivity contribution in [1.82, 2.24) is 5.32 Å². The van der Waals surface area contributed by atoms with Crippen LogP contribution in [0.5, 0.6) is 0 Å². The number of carbonyl (C=O) groups is 1. The average molecular weight is 251 g/mol. The summed E-state index contributed by atoms with van der Waals surface area (Å²) in [4.78, 5) is 10.6. The Bertz CT molecular complexity index is 429. The zero-order valence-corrected chi connectivity index (χ0v) is 10.1. The molecule has 0 heterocycles. The molecule has 0 fully saturated rings. The van der Waals surface area contributed by atoms with E-state index in [9.17, 15) is 4.79 Å². The van der Waals surface area contributed by atoms with Gasteiger partial charge in [-0.05, 0) is 17.5 Å². The summed E-state index contributed by atoms with van der Waals surface area (Å²) in [5.41, 5.74) is 7.56. The van der Waals surface area contributed by atoms with E-state index in [0.29, 0.717) is 6.42 Å². The van der Waals surface area contributed by atoms with Crippen LogP contribution in [-0.2, 0) is 12.8 Å². The summed E-state index contributed by atoms with van der Waals surface area (Å²) < 4.78 is 0. The molecule has 5 N–H and O–H groups in total. The van der Waals surface area contributed by atoms with Crippen molar-refractivity contribution in [2.24, 2.45) is 10.9 Å². The number of carboxylic acid groups (broad SMARTS) is 1. The SMILES string of the molecule is CCc1ccc(CC(NC(=O)O)/C(N)=N/O)cc1. The molecule has 6 heteroatoms. The highest BCUT2D eigenvalue weighted by Gasteiger charge is 2.16. The fourth-order valence-electron chi connectivity index (χ4n) is 1.60. The molecule has 0 bridgehead atoms. The maximum atomic E-state index is 10.6. The number of hydrogen-bond acceptors (Lipinski definition) is 3. The first-order valence-electron chi connectivity index (χ1n) is 5.61. The van der Waals surface area contributed by atoms with Gasteiger partial charge in [-0.1, -0.05) is 36.3 Å². The third kappa shape index (κ3) is 3.97. The van der Waals surface area contributed by atoms with Gasteiger partial charge < -0.3 is 21.4 Å². The van der Waals surface area contributed by atoms with Gasteiger partial charge in [0.1, 0.15) is 0 Å². The van der Waals surface area contributed by atoms with E-state index in [4.69, 9.17) is 16.0 Å². The Morgan fingerprint density at radius 3 is 2.39 bits per heavy atom. The van der Waals surface area contributed by atoms with Gasteiger partial charge in [-0.2, -0.15) is 0 Å². The fourth-order valence-corrected chi connectivity index (χ4v) is 1.60. The summed E-state index contributed by atoms with van der Waals surface area (Å²) >= 11 is 0. The Morgan fingerprint density at radius 1 is 1.39 bits per heavy atom. The normalized spacial score (nSPS) is 13.1. The largest absolute Gasteiger partial charge is 0.465 e. The van der Waals surface area contributed by atoms with E-state index < -0.39 is 12.1 Å². The summed E-state index contributed by atoms with van der Waals surface area (Å²) in [5.74, 6) is -0.156. The molecule has 0 aromatic heterocycles. The minimum absolute atomic E-state index is 0.156. The fraction of sp³-hybridized carbons (Fsp3) is 0.333. The van der Waals surface area contributed by atoms with Crippen molar-refractivity contribution in [2.45, 2.75) is 25.8 Å². The second kappa shape index (κ2) is 6.48. The summed E-state index contributed by atoms with van der Waals surface area (Å²) in [5, 5.41) is 22.3. The van der Waals surface area contributed by atoms with Crippen LogP contribution in [0.2, 0.25) is 0 Å². The Balaban J connectivity index is 2.78. The lowest BCUT2D eigenvalue weighted by Crippen LogP contribution is -2.45. The molecule has 0 saturated carbocycles. The van der Waals surface area contributed by atoms with Crippen LogP contribution in [0.15, 0.2) is 29.4 Å². The van der Waals surface area contributed by atoms with E-state index in [-0.39, 0.29) is 5.84 Å². The van der Waals surface area contributed by atoms with Crippen LogP contribution < -0.4 is 11.1 Å². The van der Waals surface area contributed by atoms with E-state index in [0.717, 1.165) is 12.0 Å². The van der Waals surface area contributed by atoms with Crippen molar-refractivity contribution < 1.29 is 15.1 Å². The second-order valence-corrected chi connectivity index (χ2v) is 3.90. The first-order chi connectivity index (χ1) is 8.56. The number of oxime groups is 1.